The van der Waals surface area contributed by atoms with Gasteiger partial charge in [-0.25, -0.2) is 4.57 Å². The summed E-state index contributed by atoms with van der Waals surface area (Å²) in [5, 5.41) is 0. The molecule has 2 unspecified atom stereocenters. The van der Waals surface area contributed by atoms with Crippen molar-refractivity contribution < 1.29 is 32.8 Å². The second-order valence-electron chi connectivity index (χ2n) is 18.1. The Labute approximate surface area is 379 Å². The van der Waals surface area contributed by atoms with Gasteiger partial charge in [0.1, 0.15) is 6.10 Å². The van der Waals surface area contributed by atoms with E-state index in [0.717, 1.165) is 32.1 Å². The SMILES string of the molecule is CCCCCCCCCC/C=C\CCCCCCCCCCCCCCCCOCC(COP(=O)(O)OCCN)OC(=O)CCCCCCCCCCCCCCCCCC. The van der Waals surface area contributed by atoms with Crippen LogP contribution in [0.4, 0.5) is 0 Å². The van der Waals surface area contributed by atoms with Crippen molar-refractivity contribution in [1.29, 1.82) is 0 Å². The molecule has 0 aliphatic heterocycles. The van der Waals surface area contributed by atoms with Crippen LogP contribution in [0.1, 0.15) is 277 Å². The monoisotopic (exact) mass is 886 g/mol. The number of allylic oxidation sites excluding steroid dienone is 2. The number of unbranched alkanes of at least 4 members (excludes halogenated alkanes) is 37. The molecule has 0 spiro atoms. The van der Waals surface area contributed by atoms with Crippen LogP contribution in [-0.4, -0.2) is 49.9 Å². The lowest BCUT2D eigenvalue weighted by molar-refractivity contribution is -0.154. The van der Waals surface area contributed by atoms with Gasteiger partial charge in [-0.05, 0) is 38.5 Å². The molecule has 61 heavy (non-hydrogen) atoms. The van der Waals surface area contributed by atoms with Crippen molar-refractivity contribution in [1.82, 2.24) is 0 Å². The van der Waals surface area contributed by atoms with E-state index >= 15 is 0 Å². The molecule has 0 aromatic rings. The van der Waals surface area contributed by atoms with Crippen molar-refractivity contribution in [2.45, 2.75) is 283 Å². The first-order valence-corrected chi connectivity index (χ1v) is 28.2. The van der Waals surface area contributed by atoms with E-state index in [0.29, 0.717) is 13.0 Å². The van der Waals surface area contributed by atoms with Gasteiger partial charge in [-0.1, -0.05) is 244 Å². The van der Waals surface area contributed by atoms with Crippen molar-refractivity contribution in [3.8, 4) is 0 Å². The van der Waals surface area contributed by atoms with Gasteiger partial charge in [0.25, 0.3) is 0 Å². The largest absolute Gasteiger partial charge is 0.472 e. The maximum Gasteiger partial charge on any atom is 0.472 e. The average molecular weight is 886 g/mol. The molecular formula is C52H104NO7P. The highest BCUT2D eigenvalue weighted by atomic mass is 31.2. The summed E-state index contributed by atoms with van der Waals surface area (Å²) in [5.74, 6) is -0.323. The number of carbonyl (C=O) groups excluding carboxylic acids is 1. The fraction of sp³-hybridized carbons (Fsp3) is 0.942. The predicted molar refractivity (Wildman–Crippen MR) is 261 cm³/mol. The number of nitrogens with two attached hydrogens (primary N) is 1. The molecule has 0 radical (unpaired) electrons. The fourth-order valence-corrected chi connectivity index (χ4v) is 8.76. The standard InChI is InChI=1S/C52H104NO7P/c1-3-5-7-9-11-13-15-17-19-21-22-23-24-25-26-27-28-29-30-32-34-36-38-40-42-44-47-57-49-51(50-59-61(55,56)58-48-46-53)60-52(54)45-43-41-39-37-35-33-31-20-18-16-14-12-10-8-6-4-2/h21-22,51H,3-20,23-50,53H2,1-2H3,(H,55,56)/b22-21-. The third-order valence-corrected chi connectivity index (χ3v) is 12.9. The summed E-state index contributed by atoms with van der Waals surface area (Å²) in [6.45, 7) is 4.99. The number of phosphoric ester groups is 1. The number of carbonyl (C=O) groups is 1. The summed E-state index contributed by atoms with van der Waals surface area (Å²) >= 11 is 0. The van der Waals surface area contributed by atoms with Crippen LogP contribution >= 0.6 is 7.82 Å². The van der Waals surface area contributed by atoms with Crippen LogP contribution in [-0.2, 0) is 27.9 Å². The number of phosphoric acid groups is 1. The highest BCUT2D eigenvalue weighted by Gasteiger charge is 2.25. The zero-order valence-electron chi connectivity index (χ0n) is 40.7. The second-order valence-corrected chi connectivity index (χ2v) is 19.6. The van der Waals surface area contributed by atoms with Crippen LogP contribution in [0.2, 0.25) is 0 Å². The Bertz CT molecular complexity index is 951. The normalized spacial score (nSPS) is 13.3. The van der Waals surface area contributed by atoms with Gasteiger partial charge in [0.15, 0.2) is 0 Å². The fourth-order valence-electron chi connectivity index (χ4n) is 8.00. The van der Waals surface area contributed by atoms with Gasteiger partial charge in [0, 0.05) is 19.6 Å². The van der Waals surface area contributed by atoms with E-state index in [1.807, 2.05) is 0 Å². The molecule has 2 atom stereocenters. The summed E-state index contributed by atoms with van der Waals surface area (Å²) in [7, 11) is -4.28. The smallest absolute Gasteiger partial charge is 0.457 e. The van der Waals surface area contributed by atoms with Gasteiger partial charge in [-0.2, -0.15) is 0 Å². The van der Waals surface area contributed by atoms with Crippen molar-refractivity contribution in [3.05, 3.63) is 12.2 Å². The van der Waals surface area contributed by atoms with Crippen LogP contribution in [0.3, 0.4) is 0 Å². The molecule has 0 bridgehead atoms. The topological polar surface area (TPSA) is 117 Å². The van der Waals surface area contributed by atoms with E-state index in [1.165, 1.54) is 225 Å². The minimum absolute atomic E-state index is 0.0912. The van der Waals surface area contributed by atoms with Crippen LogP contribution in [0.25, 0.3) is 0 Å². The molecule has 0 amide bonds. The van der Waals surface area contributed by atoms with Crippen molar-refractivity contribution in [2.24, 2.45) is 5.73 Å². The van der Waals surface area contributed by atoms with Gasteiger partial charge >= 0.3 is 13.8 Å². The van der Waals surface area contributed by atoms with Gasteiger partial charge in [-0.15, -0.1) is 0 Å². The van der Waals surface area contributed by atoms with Crippen molar-refractivity contribution >= 4 is 13.8 Å². The maximum absolute atomic E-state index is 12.6. The molecule has 0 saturated carbocycles. The zero-order valence-corrected chi connectivity index (χ0v) is 41.6. The van der Waals surface area contributed by atoms with Gasteiger partial charge in [0.2, 0.25) is 0 Å². The summed E-state index contributed by atoms with van der Waals surface area (Å²) in [4.78, 5) is 22.6. The molecule has 0 aromatic carbocycles. The molecule has 0 saturated heterocycles. The van der Waals surface area contributed by atoms with E-state index in [9.17, 15) is 14.3 Å². The Morgan fingerprint density at radius 3 is 1.20 bits per heavy atom. The first-order chi connectivity index (χ1) is 29.9. The molecule has 9 heteroatoms. The Kier molecular flexibility index (Phi) is 49.6. The number of hydrogen-bond acceptors (Lipinski definition) is 7. The molecule has 3 N–H and O–H groups in total. The molecule has 0 fully saturated rings. The van der Waals surface area contributed by atoms with E-state index in [1.54, 1.807) is 0 Å². The third kappa shape index (κ3) is 50.1. The molecular weight excluding hydrogens is 782 g/mol. The molecule has 8 nitrogen and oxygen atoms in total. The second kappa shape index (κ2) is 50.2. The lowest BCUT2D eigenvalue weighted by Gasteiger charge is -2.20. The minimum Gasteiger partial charge on any atom is -0.457 e. The molecule has 364 valence electrons. The van der Waals surface area contributed by atoms with Crippen LogP contribution < -0.4 is 5.73 Å². The predicted octanol–water partition coefficient (Wildman–Crippen LogP) is 16.6. The minimum atomic E-state index is -4.28. The summed E-state index contributed by atoms with van der Waals surface area (Å²) in [5.41, 5.74) is 5.39. The van der Waals surface area contributed by atoms with Crippen LogP contribution in [0.5, 0.6) is 0 Å². The van der Waals surface area contributed by atoms with Crippen LogP contribution in [0.15, 0.2) is 12.2 Å². The van der Waals surface area contributed by atoms with Gasteiger partial charge in [0.05, 0.1) is 19.8 Å². The van der Waals surface area contributed by atoms with Crippen molar-refractivity contribution in [2.75, 3.05) is 33.0 Å². The van der Waals surface area contributed by atoms with E-state index in [4.69, 9.17) is 24.3 Å². The molecule has 0 aliphatic carbocycles. The highest BCUT2D eigenvalue weighted by molar-refractivity contribution is 7.47. The van der Waals surface area contributed by atoms with E-state index < -0.39 is 13.9 Å². The molecule has 0 heterocycles. The lowest BCUT2D eigenvalue weighted by Crippen LogP contribution is -2.28. The van der Waals surface area contributed by atoms with Gasteiger partial charge < -0.3 is 20.1 Å². The highest BCUT2D eigenvalue weighted by Crippen LogP contribution is 2.43. The average Bonchev–Trinajstić information content (AvgIpc) is 3.25. The maximum atomic E-state index is 12.6. The Morgan fingerprint density at radius 1 is 0.475 bits per heavy atom. The third-order valence-electron chi connectivity index (χ3n) is 11.9. The van der Waals surface area contributed by atoms with Crippen LogP contribution in [0, 0.1) is 0 Å². The Balaban J connectivity index is 3.83. The summed E-state index contributed by atoms with van der Waals surface area (Å²) < 4.78 is 33.6. The quantitative estimate of drug-likeness (QED) is 0.0268. The lowest BCUT2D eigenvalue weighted by atomic mass is 10.0. The summed E-state index contributed by atoms with van der Waals surface area (Å²) in [6, 6.07) is 0. The zero-order chi connectivity index (χ0) is 44.4. The number of rotatable bonds is 52. The Hall–Kier alpha value is -0.760. The van der Waals surface area contributed by atoms with E-state index in [-0.39, 0.29) is 32.3 Å². The van der Waals surface area contributed by atoms with Gasteiger partial charge in [-0.3, -0.25) is 13.8 Å². The number of ether oxygens (including phenoxy) is 2. The Morgan fingerprint density at radius 2 is 0.820 bits per heavy atom. The first kappa shape index (κ1) is 60.2. The molecule has 0 rings (SSSR count). The number of hydrogen-bond donors (Lipinski definition) is 2. The first-order valence-electron chi connectivity index (χ1n) is 26.7. The molecule has 0 aliphatic rings. The van der Waals surface area contributed by atoms with Crippen molar-refractivity contribution in [3.63, 3.8) is 0 Å². The number of esters is 1. The van der Waals surface area contributed by atoms with E-state index in [2.05, 4.69) is 26.0 Å². The molecule has 0 aromatic heterocycles. The summed E-state index contributed by atoms with van der Waals surface area (Å²) in [6.07, 6.45) is 56.8.